The molecule has 0 radical (unpaired) electrons. The Morgan fingerprint density at radius 2 is 2.04 bits per heavy atom. The van der Waals surface area contributed by atoms with E-state index in [-0.39, 0.29) is 12.0 Å². The number of pyridine rings is 2. The molecule has 0 aliphatic carbocycles. The first kappa shape index (κ1) is 15.7. The average molecular weight is 323 g/mol. The quantitative estimate of drug-likeness (QED) is 0.753. The first-order chi connectivity index (χ1) is 11.6. The van der Waals surface area contributed by atoms with Crippen molar-refractivity contribution in [2.24, 2.45) is 0 Å². The van der Waals surface area contributed by atoms with Crippen molar-refractivity contribution in [2.45, 2.75) is 20.0 Å². The number of aromatic amines is 1. The molecule has 0 saturated heterocycles. The number of H-pyrrole nitrogens is 1. The molecule has 0 bridgehead atoms. The predicted molar refractivity (Wildman–Crippen MR) is 89.8 cm³/mol. The molecule has 24 heavy (non-hydrogen) atoms. The van der Waals surface area contributed by atoms with Crippen LogP contribution in [0.15, 0.2) is 48.9 Å². The molecule has 7 heteroatoms. The highest BCUT2D eigenvalue weighted by Gasteiger charge is 2.13. The van der Waals surface area contributed by atoms with Crippen LogP contribution in [0.1, 0.15) is 24.2 Å². The van der Waals surface area contributed by atoms with Gasteiger partial charge in [0.1, 0.15) is 5.69 Å². The van der Waals surface area contributed by atoms with E-state index in [2.05, 4.69) is 25.5 Å². The fourth-order valence-corrected chi connectivity index (χ4v) is 2.11. The Hall–Kier alpha value is -3.22. The number of hydrogen-bond acceptors (Lipinski definition) is 5. The third kappa shape index (κ3) is 3.57. The van der Waals surface area contributed by atoms with Gasteiger partial charge in [-0.1, -0.05) is 6.07 Å². The molecule has 0 fully saturated rings. The molecule has 0 unspecified atom stereocenters. The number of anilines is 1. The van der Waals surface area contributed by atoms with Crippen molar-refractivity contribution in [1.82, 2.24) is 20.2 Å². The minimum atomic E-state index is -0.280. The second kappa shape index (κ2) is 6.91. The summed E-state index contributed by atoms with van der Waals surface area (Å²) in [6.45, 7) is 3.83. The lowest BCUT2D eigenvalue weighted by Crippen LogP contribution is -2.13. The SMILES string of the molecule is CC(C)Oc1ccc(C(=O)Nc2cn[nH]c2-c2ccccn2)cn1. The number of carbonyl (C=O) groups excluding carboxylic acids is 1. The van der Waals surface area contributed by atoms with E-state index >= 15 is 0 Å². The van der Waals surface area contributed by atoms with Crippen LogP contribution < -0.4 is 10.1 Å². The molecule has 0 aliphatic rings. The van der Waals surface area contributed by atoms with Gasteiger partial charge in [0.15, 0.2) is 0 Å². The number of hydrogen-bond donors (Lipinski definition) is 2. The Morgan fingerprint density at radius 1 is 1.17 bits per heavy atom. The number of rotatable bonds is 5. The molecule has 0 aliphatic heterocycles. The summed E-state index contributed by atoms with van der Waals surface area (Å²) in [5.41, 5.74) is 2.33. The van der Waals surface area contributed by atoms with Gasteiger partial charge in [-0.3, -0.25) is 14.9 Å². The van der Waals surface area contributed by atoms with Crippen LogP contribution in [0, 0.1) is 0 Å². The highest BCUT2D eigenvalue weighted by molar-refractivity contribution is 6.05. The van der Waals surface area contributed by atoms with Crippen molar-refractivity contribution in [3.8, 4) is 17.3 Å². The van der Waals surface area contributed by atoms with Crippen LogP contribution in [-0.2, 0) is 0 Å². The number of nitrogens with one attached hydrogen (secondary N) is 2. The Balaban J connectivity index is 1.75. The Morgan fingerprint density at radius 3 is 2.71 bits per heavy atom. The maximum absolute atomic E-state index is 12.4. The minimum absolute atomic E-state index is 0.0315. The lowest BCUT2D eigenvalue weighted by Gasteiger charge is -2.09. The summed E-state index contributed by atoms with van der Waals surface area (Å²) < 4.78 is 5.47. The van der Waals surface area contributed by atoms with Gasteiger partial charge in [0.25, 0.3) is 5.91 Å². The summed E-state index contributed by atoms with van der Waals surface area (Å²) in [6.07, 6.45) is 4.74. The molecule has 1 amide bonds. The standard InChI is InChI=1S/C17H17N5O2/c1-11(2)24-15-7-6-12(9-19-15)17(23)21-14-10-20-22-16(14)13-5-3-4-8-18-13/h3-11H,1-2H3,(H,20,22)(H,21,23). The average Bonchev–Trinajstić information content (AvgIpc) is 3.04. The first-order valence-electron chi connectivity index (χ1n) is 7.52. The van der Waals surface area contributed by atoms with Crippen LogP contribution in [0.2, 0.25) is 0 Å². The highest BCUT2D eigenvalue weighted by Crippen LogP contribution is 2.23. The van der Waals surface area contributed by atoms with Crippen molar-refractivity contribution in [3.05, 3.63) is 54.5 Å². The van der Waals surface area contributed by atoms with Crippen LogP contribution in [0.3, 0.4) is 0 Å². The van der Waals surface area contributed by atoms with E-state index in [9.17, 15) is 4.79 Å². The number of aromatic nitrogens is 4. The second-order valence-corrected chi connectivity index (χ2v) is 5.38. The van der Waals surface area contributed by atoms with E-state index in [4.69, 9.17) is 4.74 Å². The number of amides is 1. The van der Waals surface area contributed by atoms with Crippen LogP contribution in [-0.4, -0.2) is 32.2 Å². The first-order valence-corrected chi connectivity index (χ1v) is 7.52. The molecule has 0 spiro atoms. The van der Waals surface area contributed by atoms with E-state index in [1.165, 1.54) is 6.20 Å². The molecule has 0 aromatic carbocycles. The highest BCUT2D eigenvalue weighted by atomic mass is 16.5. The minimum Gasteiger partial charge on any atom is -0.475 e. The van der Waals surface area contributed by atoms with Gasteiger partial charge in [0, 0.05) is 18.5 Å². The van der Waals surface area contributed by atoms with Crippen molar-refractivity contribution >= 4 is 11.6 Å². The number of nitrogens with zero attached hydrogens (tertiary/aromatic N) is 3. The summed E-state index contributed by atoms with van der Waals surface area (Å²) in [4.78, 5) is 20.8. The molecule has 7 nitrogen and oxygen atoms in total. The third-order valence-corrected chi connectivity index (χ3v) is 3.16. The van der Waals surface area contributed by atoms with Gasteiger partial charge < -0.3 is 10.1 Å². The molecular formula is C17H17N5O2. The molecule has 3 heterocycles. The lowest BCUT2D eigenvalue weighted by molar-refractivity contribution is 0.102. The smallest absolute Gasteiger partial charge is 0.257 e. The van der Waals surface area contributed by atoms with Crippen molar-refractivity contribution < 1.29 is 9.53 Å². The van der Waals surface area contributed by atoms with E-state index in [1.54, 1.807) is 24.5 Å². The molecule has 0 atom stereocenters. The molecule has 3 aromatic rings. The molecule has 0 saturated carbocycles. The lowest BCUT2D eigenvalue weighted by atomic mass is 10.2. The zero-order chi connectivity index (χ0) is 16.9. The summed E-state index contributed by atoms with van der Waals surface area (Å²) in [5.74, 6) is 0.205. The van der Waals surface area contributed by atoms with Crippen molar-refractivity contribution in [1.29, 1.82) is 0 Å². The summed E-state index contributed by atoms with van der Waals surface area (Å²) in [7, 11) is 0. The summed E-state index contributed by atoms with van der Waals surface area (Å²) in [5, 5.41) is 9.64. The Kier molecular flexibility index (Phi) is 4.51. The molecule has 2 N–H and O–H groups in total. The summed E-state index contributed by atoms with van der Waals surface area (Å²) in [6, 6.07) is 8.87. The topological polar surface area (TPSA) is 92.8 Å². The fraction of sp³-hybridized carbons (Fsp3) is 0.176. The van der Waals surface area contributed by atoms with Gasteiger partial charge in [-0.2, -0.15) is 5.10 Å². The Bertz CT molecular complexity index is 813. The molecular weight excluding hydrogens is 306 g/mol. The predicted octanol–water partition coefficient (Wildman–Crippen LogP) is 2.91. The van der Waals surface area contributed by atoms with E-state index in [1.807, 2.05) is 32.0 Å². The van der Waals surface area contributed by atoms with Gasteiger partial charge in [-0.05, 0) is 32.0 Å². The van der Waals surface area contributed by atoms with Gasteiger partial charge in [-0.15, -0.1) is 0 Å². The van der Waals surface area contributed by atoms with E-state index in [0.29, 0.717) is 28.5 Å². The fourth-order valence-electron chi connectivity index (χ4n) is 2.11. The van der Waals surface area contributed by atoms with Crippen molar-refractivity contribution in [3.63, 3.8) is 0 Å². The van der Waals surface area contributed by atoms with Crippen LogP contribution in [0.4, 0.5) is 5.69 Å². The van der Waals surface area contributed by atoms with Gasteiger partial charge in [0.2, 0.25) is 5.88 Å². The van der Waals surface area contributed by atoms with Gasteiger partial charge >= 0.3 is 0 Å². The van der Waals surface area contributed by atoms with Gasteiger partial charge in [-0.25, -0.2) is 4.98 Å². The second-order valence-electron chi connectivity index (χ2n) is 5.38. The summed E-state index contributed by atoms with van der Waals surface area (Å²) >= 11 is 0. The van der Waals surface area contributed by atoms with Crippen LogP contribution >= 0.6 is 0 Å². The Labute approximate surface area is 139 Å². The monoisotopic (exact) mass is 323 g/mol. The maximum Gasteiger partial charge on any atom is 0.257 e. The third-order valence-electron chi connectivity index (χ3n) is 3.16. The zero-order valence-electron chi connectivity index (χ0n) is 13.4. The zero-order valence-corrected chi connectivity index (χ0v) is 13.4. The van der Waals surface area contributed by atoms with Gasteiger partial charge in [0.05, 0.1) is 29.2 Å². The number of ether oxygens (including phenoxy) is 1. The largest absolute Gasteiger partial charge is 0.475 e. The van der Waals surface area contributed by atoms with Crippen LogP contribution in [0.25, 0.3) is 11.4 Å². The van der Waals surface area contributed by atoms with Crippen molar-refractivity contribution in [2.75, 3.05) is 5.32 Å². The van der Waals surface area contributed by atoms with Crippen LogP contribution in [0.5, 0.6) is 5.88 Å². The van der Waals surface area contributed by atoms with E-state index < -0.39 is 0 Å². The maximum atomic E-state index is 12.4. The van der Waals surface area contributed by atoms with E-state index in [0.717, 1.165) is 0 Å². The molecule has 3 aromatic heterocycles. The normalized spacial score (nSPS) is 10.6. The molecule has 122 valence electrons. The molecule has 3 rings (SSSR count). The number of carbonyl (C=O) groups is 1.